The molecule has 1 heterocycles. The Morgan fingerprint density at radius 1 is 1.18 bits per heavy atom. The van der Waals surface area contributed by atoms with Crippen molar-refractivity contribution in [2.24, 2.45) is 10.7 Å². The number of amides is 2. The number of carbonyl (C=O) groups is 2. The summed E-state index contributed by atoms with van der Waals surface area (Å²) in [5.74, 6) is 0.329. The molecule has 1 aromatic heterocycles. The van der Waals surface area contributed by atoms with Gasteiger partial charge in [0.25, 0.3) is 5.91 Å². The van der Waals surface area contributed by atoms with E-state index in [0.29, 0.717) is 27.1 Å². The molecule has 0 fully saturated rings. The number of carbonyl (C=O) groups excluding carboxylic acids is 2. The third-order valence-corrected chi connectivity index (χ3v) is 4.59. The van der Waals surface area contributed by atoms with Crippen LogP contribution >= 0.6 is 15.9 Å². The first-order valence-electron chi connectivity index (χ1n) is 9.63. The number of nitrogens with two attached hydrogens (primary N) is 1. The quantitative estimate of drug-likeness (QED) is 0.363. The van der Waals surface area contributed by atoms with Crippen molar-refractivity contribution in [3.8, 4) is 22.9 Å². The Bertz CT molecular complexity index is 1220. The Labute approximate surface area is 198 Å². The highest BCUT2D eigenvalue weighted by Crippen LogP contribution is 2.28. The summed E-state index contributed by atoms with van der Waals surface area (Å²) in [4.78, 5) is 33.6. The molecule has 0 bridgehead atoms. The molecule has 0 radical (unpaired) electrons. The minimum absolute atomic E-state index is 0.0734. The van der Waals surface area contributed by atoms with E-state index in [4.69, 9.17) is 15.0 Å². The molecule has 0 aliphatic carbocycles. The van der Waals surface area contributed by atoms with E-state index >= 15 is 0 Å². The number of benzene rings is 2. The van der Waals surface area contributed by atoms with E-state index in [0.717, 1.165) is 0 Å². The number of nitrogens with zero attached hydrogens (tertiary/aromatic N) is 4. The Morgan fingerprint density at radius 3 is 2.58 bits per heavy atom. The van der Waals surface area contributed by atoms with Gasteiger partial charge in [-0.3, -0.25) is 9.59 Å². The van der Waals surface area contributed by atoms with Crippen LogP contribution in [-0.4, -0.2) is 53.8 Å². The largest absolute Gasteiger partial charge is 0.457 e. The van der Waals surface area contributed by atoms with Gasteiger partial charge in [-0.05, 0) is 54.7 Å². The summed E-state index contributed by atoms with van der Waals surface area (Å²) in [6.45, 7) is 0. The fourth-order valence-corrected chi connectivity index (χ4v) is 3.03. The van der Waals surface area contributed by atoms with Crippen LogP contribution in [0.1, 0.15) is 21.0 Å². The molecule has 0 saturated carbocycles. The number of halogens is 1. The van der Waals surface area contributed by atoms with E-state index in [1.165, 1.54) is 11.0 Å². The molecule has 0 saturated heterocycles. The van der Waals surface area contributed by atoms with Gasteiger partial charge in [-0.15, -0.1) is 0 Å². The van der Waals surface area contributed by atoms with Gasteiger partial charge in [0.05, 0.1) is 0 Å². The first-order valence-corrected chi connectivity index (χ1v) is 10.4. The average Bonchev–Trinajstić information content (AvgIpc) is 3.27. The van der Waals surface area contributed by atoms with Crippen LogP contribution in [0, 0.1) is 0 Å². The molecule has 2 amide bonds. The van der Waals surface area contributed by atoms with Gasteiger partial charge >= 0.3 is 11.8 Å². The van der Waals surface area contributed by atoms with Gasteiger partial charge in [-0.1, -0.05) is 21.1 Å². The highest BCUT2D eigenvalue weighted by atomic mass is 79.9. The van der Waals surface area contributed by atoms with E-state index in [1.807, 2.05) is 0 Å². The van der Waals surface area contributed by atoms with E-state index < -0.39 is 5.91 Å². The van der Waals surface area contributed by atoms with Crippen molar-refractivity contribution in [1.82, 2.24) is 20.4 Å². The van der Waals surface area contributed by atoms with Crippen LogP contribution < -0.4 is 15.8 Å². The molecule has 0 spiro atoms. The lowest BCUT2D eigenvalue weighted by Crippen LogP contribution is -2.21. The predicted molar refractivity (Wildman–Crippen MR) is 126 cm³/mol. The predicted octanol–water partition coefficient (Wildman–Crippen LogP) is 3.22. The summed E-state index contributed by atoms with van der Waals surface area (Å²) >= 11 is 3.38. The molecule has 0 aliphatic rings. The highest BCUT2D eigenvalue weighted by molar-refractivity contribution is 9.10. The van der Waals surface area contributed by atoms with Crippen molar-refractivity contribution < 1.29 is 18.8 Å². The minimum atomic E-state index is -0.505. The fourth-order valence-electron chi connectivity index (χ4n) is 2.56. The molecule has 11 heteroatoms. The summed E-state index contributed by atoms with van der Waals surface area (Å²) < 4.78 is 11.5. The maximum Gasteiger partial charge on any atom is 0.316 e. The van der Waals surface area contributed by atoms with Gasteiger partial charge in [0, 0.05) is 36.7 Å². The lowest BCUT2D eigenvalue weighted by molar-refractivity contribution is 0.0779. The van der Waals surface area contributed by atoms with Gasteiger partial charge in [0.1, 0.15) is 17.3 Å². The Kier molecular flexibility index (Phi) is 7.57. The van der Waals surface area contributed by atoms with Gasteiger partial charge in [-0.2, -0.15) is 9.98 Å². The second kappa shape index (κ2) is 10.6. The normalized spacial score (nSPS) is 11.5. The van der Waals surface area contributed by atoms with Gasteiger partial charge in [0.2, 0.25) is 5.82 Å². The van der Waals surface area contributed by atoms with Crippen molar-refractivity contribution in [3.63, 3.8) is 0 Å². The van der Waals surface area contributed by atoms with Crippen LogP contribution in [0.5, 0.6) is 11.5 Å². The third-order valence-electron chi connectivity index (χ3n) is 4.13. The van der Waals surface area contributed by atoms with Crippen molar-refractivity contribution in [2.45, 2.75) is 0 Å². The average molecular weight is 513 g/mol. The molecule has 170 valence electrons. The number of nitrogens with one attached hydrogen (secondary N) is 1. The number of aromatic nitrogens is 2. The number of hydrogen-bond donors (Lipinski definition) is 2. The molecule has 33 heavy (non-hydrogen) atoms. The van der Waals surface area contributed by atoms with Gasteiger partial charge in [-0.25, -0.2) is 0 Å². The zero-order valence-corrected chi connectivity index (χ0v) is 19.7. The second-order valence-electron chi connectivity index (χ2n) is 6.89. The van der Waals surface area contributed by atoms with E-state index in [1.54, 1.807) is 69.8 Å². The van der Waals surface area contributed by atoms with Crippen molar-refractivity contribution >= 4 is 33.6 Å². The number of hydrogen-bond acceptors (Lipinski definition) is 7. The van der Waals surface area contributed by atoms with Crippen LogP contribution in [0.15, 0.2) is 68.7 Å². The number of rotatable bonds is 7. The topological polar surface area (TPSA) is 136 Å². The molecule has 10 nitrogen and oxygen atoms in total. The molecule has 3 rings (SSSR count). The molecular formula is C22H21BrN6O4. The van der Waals surface area contributed by atoms with Crippen molar-refractivity contribution in [2.75, 3.05) is 21.1 Å². The molecular weight excluding hydrogens is 492 g/mol. The first-order chi connectivity index (χ1) is 15.8. The van der Waals surface area contributed by atoms with E-state index in [-0.39, 0.29) is 23.5 Å². The summed E-state index contributed by atoms with van der Waals surface area (Å²) in [5, 5.41) is 6.61. The van der Waals surface area contributed by atoms with Crippen LogP contribution in [0.25, 0.3) is 11.4 Å². The van der Waals surface area contributed by atoms with E-state index in [9.17, 15) is 9.59 Å². The molecule has 0 atom stereocenters. The number of aliphatic imine (C=N–C) groups is 1. The SMILES string of the molecule is CN/C=C\C(N)=NC(=O)c1cc(Br)cc(Oc2ccc(-c3noc(C(=O)N(C)C)n3)cc2)c1. The lowest BCUT2D eigenvalue weighted by Gasteiger charge is -2.08. The molecule has 3 N–H and O–H groups in total. The van der Waals surface area contributed by atoms with Crippen LogP contribution in [-0.2, 0) is 0 Å². The summed E-state index contributed by atoms with van der Waals surface area (Å²) in [7, 11) is 4.91. The van der Waals surface area contributed by atoms with Gasteiger partial charge in [0.15, 0.2) is 0 Å². The Hall–Kier alpha value is -3.99. The number of amidine groups is 1. The van der Waals surface area contributed by atoms with Crippen molar-refractivity contribution in [3.05, 3.63) is 70.7 Å². The van der Waals surface area contributed by atoms with Crippen molar-refractivity contribution in [1.29, 1.82) is 0 Å². The summed E-state index contributed by atoms with van der Waals surface area (Å²) in [6, 6.07) is 11.8. The third kappa shape index (κ3) is 6.26. The zero-order valence-electron chi connectivity index (χ0n) is 18.1. The molecule has 3 aromatic rings. The van der Waals surface area contributed by atoms with Gasteiger partial charge < -0.3 is 25.2 Å². The molecule has 0 unspecified atom stereocenters. The summed E-state index contributed by atoms with van der Waals surface area (Å²) in [5.41, 5.74) is 6.67. The number of ether oxygens (including phenoxy) is 1. The maximum atomic E-state index is 12.4. The lowest BCUT2D eigenvalue weighted by atomic mass is 10.2. The standard InChI is InChI=1S/C22H21BrN6O4/c1-25-9-8-18(24)26-20(30)14-10-15(23)12-17(11-14)32-16-6-4-13(5-7-16)19-27-21(33-28-19)22(31)29(2)3/h4-12,25H,1-3H3,(H2,24,26,30)/b9-8-. The fraction of sp³-hybridized carbons (Fsp3) is 0.136. The van der Waals surface area contributed by atoms with Crippen LogP contribution in [0.3, 0.4) is 0 Å². The first kappa shape index (κ1) is 23.7. The maximum absolute atomic E-state index is 12.4. The molecule has 2 aromatic carbocycles. The summed E-state index contributed by atoms with van der Waals surface area (Å²) in [6.07, 6.45) is 3.05. The minimum Gasteiger partial charge on any atom is -0.457 e. The zero-order chi connectivity index (χ0) is 24.0. The second-order valence-corrected chi connectivity index (χ2v) is 7.80. The monoisotopic (exact) mass is 512 g/mol. The van der Waals surface area contributed by atoms with Crippen LogP contribution in [0.4, 0.5) is 0 Å². The Morgan fingerprint density at radius 2 is 1.91 bits per heavy atom. The van der Waals surface area contributed by atoms with E-state index in [2.05, 4.69) is 36.4 Å². The highest BCUT2D eigenvalue weighted by Gasteiger charge is 2.17. The Balaban J connectivity index is 1.76. The van der Waals surface area contributed by atoms with Crippen LogP contribution in [0.2, 0.25) is 0 Å². The smallest absolute Gasteiger partial charge is 0.316 e. The molecule has 0 aliphatic heterocycles.